The van der Waals surface area contributed by atoms with Crippen LogP contribution in [0.2, 0.25) is 0 Å². The summed E-state index contributed by atoms with van der Waals surface area (Å²) in [4.78, 5) is 18.2. The molecule has 6 aromatic rings. The van der Waals surface area contributed by atoms with Crippen molar-refractivity contribution in [3.63, 3.8) is 0 Å². The Hall–Kier alpha value is -4.62. The van der Waals surface area contributed by atoms with Crippen LogP contribution in [0, 0.1) is 0 Å². The SMILES string of the molecule is O=c1/c(=C/c2cn(-c3ccccc3)nc2-c2ccccc2)sc2nc(/C=C/c3ccccc3)nn12. The van der Waals surface area contributed by atoms with E-state index in [-0.39, 0.29) is 5.56 Å². The predicted octanol–water partition coefficient (Wildman–Crippen LogP) is 4.72. The largest absolute Gasteiger partial charge is 0.291 e. The topological polar surface area (TPSA) is 65.1 Å². The number of benzene rings is 3. The molecule has 0 aliphatic rings. The molecule has 0 amide bonds. The summed E-state index contributed by atoms with van der Waals surface area (Å²) < 4.78 is 3.76. The first-order valence-electron chi connectivity index (χ1n) is 11.1. The van der Waals surface area contributed by atoms with Crippen molar-refractivity contribution in [3.05, 3.63) is 129 Å². The number of thiazole rings is 1. The molecule has 0 saturated carbocycles. The van der Waals surface area contributed by atoms with Gasteiger partial charge in [0.25, 0.3) is 5.56 Å². The molecule has 168 valence electrons. The van der Waals surface area contributed by atoms with Crippen molar-refractivity contribution in [1.82, 2.24) is 24.4 Å². The summed E-state index contributed by atoms with van der Waals surface area (Å²) in [5, 5.41) is 9.23. The molecule has 0 N–H and O–H groups in total. The first kappa shape index (κ1) is 20.9. The second-order valence-corrected chi connectivity index (χ2v) is 8.91. The van der Waals surface area contributed by atoms with Gasteiger partial charge in [-0.15, -0.1) is 5.10 Å². The quantitative estimate of drug-likeness (QED) is 0.363. The highest BCUT2D eigenvalue weighted by molar-refractivity contribution is 7.15. The summed E-state index contributed by atoms with van der Waals surface area (Å²) >= 11 is 1.32. The second-order valence-electron chi connectivity index (χ2n) is 7.90. The Balaban J connectivity index is 1.42. The van der Waals surface area contributed by atoms with E-state index in [1.165, 1.54) is 15.9 Å². The van der Waals surface area contributed by atoms with Crippen LogP contribution in [-0.2, 0) is 0 Å². The number of rotatable bonds is 5. The number of aromatic nitrogens is 5. The third kappa shape index (κ3) is 4.20. The lowest BCUT2D eigenvalue weighted by molar-refractivity contribution is 0.884. The number of nitrogens with zero attached hydrogens (tertiary/aromatic N) is 5. The van der Waals surface area contributed by atoms with Gasteiger partial charge in [0, 0.05) is 17.3 Å². The highest BCUT2D eigenvalue weighted by Gasteiger charge is 2.13. The Bertz CT molecular complexity index is 1750. The van der Waals surface area contributed by atoms with Crippen LogP contribution >= 0.6 is 11.3 Å². The van der Waals surface area contributed by atoms with Gasteiger partial charge in [-0.3, -0.25) is 4.79 Å². The Morgan fingerprint density at radius 2 is 1.46 bits per heavy atom. The van der Waals surface area contributed by atoms with E-state index < -0.39 is 0 Å². The lowest BCUT2D eigenvalue weighted by Crippen LogP contribution is -2.23. The molecule has 0 aliphatic heterocycles. The Morgan fingerprint density at radius 3 is 2.17 bits per heavy atom. The molecule has 0 atom stereocenters. The maximum atomic E-state index is 13.1. The Kier molecular flexibility index (Phi) is 5.37. The van der Waals surface area contributed by atoms with E-state index >= 15 is 0 Å². The predicted molar refractivity (Wildman–Crippen MR) is 140 cm³/mol. The van der Waals surface area contributed by atoms with Crippen molar-refractivity contribution in [1.29, 1.82) is 0 Å². The molecule has 3 heterocycles. The van der Waals surface area contributed by atoms with Gasteiger partial charge in [-0.2, -0.15) is 14.6 Å². The monoisotopic (exact) mass is 473 g/mol. The molecule has 0 spiro atoms. The van der Waals surface area contributed by atoms with Crippen LogP contribution in [0.15, 0.2) is 102 Å². The highest BCUT2D eigenvalue weighted by atomic mass is 32.1. The van der Waals surface area contributed by atoms with Gasteiger partial charge in [0.05, 0.1) is 15.9 Å². The summed E-state index contributed by atoms with van der Waals surface area (Å²) in [6.07, 6.45) is 7.56. The zero-order valence-corrected chi connectivity index (χ0v) is 19.3. The van der Waals surface area contributed by atoms with Crippen LogP contribution in [-0.4, -0.2) is 24.4 Å². The standard InChI is InChI=1S/C28H19N5OS/c34-27-24(35-28-29-25(30-33(27)28)17-16-20-10-4-1-5-11-20)18-22-19-32(23-14-8-3-9-15-23)31-26(22)21-12-6-2-7-13-21/h1-19H/b17-16+,24-18-. The molecule has 0 aliphatic carbocycles. The van der Waals surface area contributed by atoms with E-state index in [4.69, 9.17) is 5.10 Å². The average molecular weight is 474 g/mol. The van der Waals surface area contributed by atoms with Gasteiger partial charge < -0.3 is 0 Å². The molecule has 0 saturated heterocycles. The van der Waals surface area contributed by atoms with E-state index in [2.05, 4.69) is 10.1 Å². The van der Waals surface area contributed by atoms with Crippen LogP contribution in [0.3, 0.4) is 0 Å². The maximum absolute atomic E-state index is 13.1. The van der Waals surface area contributed by atoms with E-state index in [1.807, 2.05) is 120 Å². The number of fused-ring (bicyclic) bond motifs is 1. The molecular weight excluding hydrogens is 454 g/mol. The smallest absolute Gasteiger partial charge is 0.266 e. The number of para-hydroxylation sites is 1. The van der Waals surface area contributed by atoms with Gasteiger partial charge in [-0.1, -0.05) is 96.3 Å². The van der Waals surface area contributed by atoms with Crippen LogP contribution < -0.4 is 10.1 Å². The van der Waals surface area contributed by atoms with Crippen LogP contribution in [0.4, 0.5) is 0 Å². The zero-order valence-electron chi connectivity index (χ0n) is 18.5. The van der Waals surface area contributed by atoms with Crippen LogP contribution in [0.25, 0.3) is 40.1 Å². The third-order valence-corrected chi connectivity index (χ3v) is 6.48. The van der Waals surface area contributed by atoms with Crippen LogP contribution in [0.5, 0.6) is 0 Å². The Morgan fingerprint density at radius 1 is 0.771 bits per heavy atom. The normalized spacial score (nSPS) is 12.2. The van der Waals surface area contributed by atoms with Gasteiger partial charge >= 0.3 is 0 Å². The van der Waals surface area contributed by atoms with Crippen LogP contribution in [0.1, 0.15) is 17.0 Å². The summed E-state index contributed by atoms with van der Waals surface area (Å²) in [5.41, 5.74) is 4.44. The number of hydrogen-bond donors (Lipinski definition) is 0. The van der Waals surface area contributed by atoms with Crippen molar-refractivity contribution in [2.45, 2.75) is 0 Å². The zero-order chi connectivity index (χ0) is 23.6. The molecule has 6 nitrogen and oxygen atoms in total. The van der Waals surface area contributed by atoms with E-state index in [1.54, 1.807) is 0 Å². The summed E-state index contributed by atoms with van der Waals surface area (Å²) in [6, 6.07) is 29.8. The first-order valence-corrected chi connectivity index (χ1v) is 11.9. The van der Waals surface area contributed by atoms with E-state index in [0.29, 0.717) is 15.3 Å². The molecular formula is C28H19N5OS. The minimum absolute atomic E-state index is 0.191. The number of hydrogen-bond acceptors (Lipinski definition) is 5. The van der Waals surface area contributed by atoms with Gasteiger partial charge in [-0.25, -0.2) is 4.68 Å². The molecule has 3 aromatic carbocycles. The van der Waals surface area contributed by atoms with Gasteiger partial charge in [0.15, 0.2) is 5.82 Å². The van der Waals surface area contributed by atoms with Crippen molar-refractivity contribution < 1.29 is 0 Å². The molecule has 0 unspecified atom stereocenters. The van der Waals surface area contributed by atoms with Gasteiger partial charge in [0.1, 0.15) is 0 Å². The third-order valence-electron chi connectivity index (χ3n) is 5.52. The fourth-order valence-corrected chi connectivity index (χ4v) is 4.73. The fourth-order valence-electron chi connectivity index (χ4n) is 3.82. The second kappa shape index (κ2) is 8.96. The lowest BCUT2D eigenvalue weighted by atomic mass is 10.1. The van der Waals surface area contributed by atoms with Crippen molar-refractivity contribution in [2.24, 2.45) is 0 Å². The summed E-state index contributed by atoms with van der Waals surface area (Å²) in [6.45, 7) is 0. The summed E-state index contributed by atoms with van der Waals surface area (Å²) in [5.74, 6) is 0.505. The molecule has 35 heavy (non-hydrogen) atoms. The molecule has 6 rings (SSSR count). The fraction of sp³-hybridized carbons (Fsp3) is 0. The minimum Gasteiger partial charge on any atom is -0.266 e. The highest BCUT2D eigenvalue weighted by Crippen LogP contribution is 2.24. The minimum atomic E-state index is -0.191. The van der Waals surface area contributed by atoms with Crippen molar-refractivity contribution >= 4 is 34.5 Å². The molecule has 0 bridgehead atoms. The average Bonchev–Trinajstić information content (AvgIpc) is 3.59. The first-order chi connectivity index (χ1) is 17.2. The molecule has 7 heteroatoms. The molecule has 3 aromatic heterocycles. The summed E-state index contributed by atoms with van der Waals surface area (Å²) in [7, 11) is 0. The van der Waals surface area contributed by atoms with Crippen molar-refractivity contribution in [3.8, 4) is 16.9 Å². The maximum Gasteiger partial charge on any atom is 0.291 e. The lowest BCUT2D eigenvalue weighted by Gasteiger charge is -2.00. The van der Waals surface area contributed by atoms with Gasteiger partial charge in [-0.05, 0) is 29.8 Å². The van der Waals surface area contributed by atoms with Gasteiger partial charge in [0.2, 0.25) is 4.96 Å². The molecule has 0 radical (unpaired) electrons. The Labute approximate surface area is 204 Å². The van der Waals surface area contributed by atoms with E-state index in [9.17, 15) is 4.79 Å². The molecule has 0 fully saturated rings. The van der Waals surface area contributed by atoms with E-state index in [0.717, 1.165) is 28.1 Å². The van der Waals surface area contributed by atoms with Crippen molar-refractivity contribution in [2.75, 3.05) is 0 Å².